The average Bonchev–Trinajstić information content (AvgIpc) is 2.36. The lowest BCUT2D eigenvalue weighted by Gasteiger charge is -2.03. The molecule has 0 amide bonds. The van der Waals surface area contributed by atoms with Crippen molar-refractivity contribution in [2.45, 2.75) is 13.8 Å². The van der Waals surface area contributed by atoms with Gasteiger partial charge in [-0.3, -0.25) is 4.79 Å². The van der Waals surface area contributed by atoms with Crippen LogP contribution in [0.2, 0.25) is 0 Å². The molecule has 0 saturated carbocycles. The highest BCUT2D eigenvalue weighted by Crippen LogP contribution is 2.08. The van der Waals surface area contributed by atoms with E-state index in [0.717, 1.165) is 0 Å². The highest BCUT2D eigenvalue weighted by atomic mass is 16.7. The molecule has 1 N–H and O–H groups in total. The van der Waals surface area contributed by atoms with Gasteiger partial charge in [-0.05, 0) is 6.08 Å². The molecule has 0 aromatic rings. The second-order valence-electron chi connectivity index (χ2n) is 2.54. The second-order valence-corrected chi connectivity index (χ2v) is 2.54. The molecule has 0 fully saturated rings. The Morgan fingerprint density at radius 1 is 1.80 bits per heavy atom. The summed E-state index contributed by atoms with van der Waals surface area (Å²) in [6.07, 6.45) is 1.75. The molecular formula is C7H11NO2. The number of allylic oxidation sites excluding steroid dienone is 1. The summed E-state index contributed by atoms with van der Waals surface area (Å²) in [6, 6.07) is 0. The quantitative estimate of drug-likeness (QED) is 0.613. The van der Waals surface area contributed by atoms with Crippen LogP contribution in [0.25, 0.3) is 0 Å². The molecule has 0 aromatic heterocycles. The van der Waals surface area contributed by atoms with Crippen LogP contribution in [0.4, 0.5) is 0 Å². The van der Waals surface area contributed by atoms with E-state index in [0.29, 0.717) is 12.3 Å². The van der Waals surface area contributed by atoms with E-state index in [-0.39, 0.29) is 11.7 Å². The van der Waals surface area contributed by atoms with Gasteiger partial charge in [-0.1, -0.05) is 13.8 Å². The molecule has 3 nitrogen and oxygen atoms in total. The van der Waals surface area contributed by atoms with Gasteiger partial charge in [0.1, 0.15) is 0 Å². The van der Waals surface area contributed by atoms with E-state index in [1.54, 1.807) is 6.08 Å². The van der Waals surface area contributed by atoms with Crippen LogP contribution in [0.5, 0.6) is 0 Å². The molecule has 0 spiro atoms. The predicted molar refractivity (Wildman–Crippen MR) is 37.0 cm³/mol. The summed E-state index contributed by atoms with van der Waals surface area (Å²) < 4.78 is 0. The Balaban J connectivity index is 2.56. The SMILES string of the molecule is CC(C)C(=O)C1=CCNO1. The number of carbonyl (C=O) groups is 1. The summed E-state index contributed by atoms with van der Waals surface area (Å²) >= 11 is 0. The van der Waals surface area contributed by atoms with E-state index in [1.165, 1.54) is 0 Å². The molecule has 0 saturated heterocycles. The maximum absolute atomic E-state index is 11.1. The number of hydroxylamine groups is 1. The first-order valence-electron chi connectivity index (χ1n) is 3.36. The Morgan fingerprint density at radius 3 is 2.90 bits per heavy atom. The zero-order valence-corrected chi connectivity index (χ0v) is 6.18. The molecule has 1 aliphatic rings. The minimum Gasteiger partial charge on any atom is -0.405 e. The number of carbonyl (C=O) groups excluding carboxylic acids is 1. The molecule has 0 unspecified atom stereocenters. The van der Waals surface area contributed by atoms with Crippen molar-refractivity contribution in [3.8, 4) is 0 Å². The van der Waals surface area contributed by atoms with Crippen LogP contribution in [0.15, 0.2) is 11.8 Å². The summed E-state index contributed by atoms with van der Waals surface area (Å²) in [7, 11) is 0. The summed E-state index contributed by atoms with van der Waals surface area (Å²) in [5.74, 6) is 0.533. The van der Waals surface area contributed by atoms with Crippen LogP contribution in [-0.4, -0.2) is 12.3 Å². The Hall–Kier alpha value is -0.830. The number of ketones is 1. The van der Waals surface area contributed by atoms with Crippen molar-refractivity contribution >= 4 is 5.78 Å². The highest BCUT2D eigenvalue weighted by Gasteiger charge is 2.17. The smallest absolute Gasteiger partial charge is 0.202 e. The summed E-state index contributed by atoms with van der Waals surface area (Å²) in [4.78, 5) is 15.9. The molecule has 0 aromatic carbocycles. The van der Waals surface area contributed by atoms with Gasteiger partial charge in [-0.2, -0.15) is 5.48 Å². The molecule has 0 bridgehead atoms. The first-order valence-corrected chi connectivity index (χ1v) is 3.36. The van der Waals surface area contributed by atoms with Crippen molar-refractivity contribution in [3.05, 3.63) is 11.8 Å². The van der Waals surface area contributed by atoms with E-state index < -0.39 is 0 Å². The Labute approximate surface area is 60.0 Å². The first-order chi connectivity index (χ1) is 4.72. The molecule has 0 atom stereocenters. The zero-order valence-electron chi connectivity index (χ0n) is 6.18. The van der Waals surface area contributed by atoms with E-state index in [1.807, 2.05) is 13.8 Å². The minimum absolute atomic E-state index is 0.0196. The monoisotopic (exact) mass is 141 g/mol. The summed E-state index contributed by atoms with van der Waals surface area (Å²) in [5, 5.41) is 0. The van der Waals surface area contributed by atoms with Gasteiger partial charge in [-0.25, -0.2) is 0 Å². The van der Waals surface area contributed by atoms with Crippen molar-refractivity contribution in [2.75, 3.05) is 6.54 Å². The van der Waals surface area contributed by atoms with Gasteiger partial charge < -0.3 is 4.84 Å². The van der Waals surface area contributed by atoms with Gasteiger partial charge in [0.25, 0.3) is 0 Å². The predicted octanol–water partition coefficient (Wildman–Crippen LogP) is 0.630. The number of nitrogens with one attached hydrogen (secondary N) is 1. The van der Waals surface area contributed by atoms with E-state index in [2.05, 4.69) is 5.48 Å². The van der Waals surface area contributed by atoms with Crippen molar-refractivity contribution in [2.24, 2.45) is 5.92 Å². The third-order valence-electron chi connectivity index (χ3n) is 1.32. The van der Waals surface area contributed by atoms with Crippen LogP contribution < -0.4 is 5.48 Å². The number of rotatable bonds is 2. The lowest BCUT2D eigenvalue weighted by molar-refractivity contribution is -0.122. The summed E-state index contributed by atoms with van der Waals surface area (Å²) in [5.41, 5.74) is 2.59. The van der Waals surface area contributed by atoms with Crippen molar-refractivity contribution in [1.82, 2.24) is 5.48 Å². The van der Waals surface area contributed by atoms with Crippen LogP contribution >= 0.6 is 0 Å². The lowest BCUT2D eigenvalue weighted by Crippen LogP contribution is -2.13. The zero-order chi connectivity index (χ0) is 7.56. The Morgan fingerprint density at radius 2 is 2.50 bits per heavy atom. The molecular weight excluding hydrogens is 130 g/mol. The third kappa shape index (κ3) is 1.36. The van der Waals surface area contributed by atoms with Crippen LogP contribution in [0.3, 0.4) is 0 Å². The number of Topliss-reactive ketones (excluding diaryl/α,β-unsaturated/α-hetero) is 1. The fourth-order valence-corrected chi connectivity index (χ4v) is 0.731. The second kappa shape index (κ2) is 2.84. The molecule has 56 valence electrons. The van der Waals surface area contributed by atoms with Gasteiger partial charge in [0.15, 0.2) is 5.76 Å². The molecule has 1 rings (SSSR count). The average molecular weight is 141 g/mol. The fraction of sp³-hybridized carbons (Fsp3) is 0.571. The van der Waals surface area contributed by atoms with Gasteiger partial charge >= 0.3 is 0 Å². The number of hydrogen-bond acceptors (Lipinski definition) is 3. The van der Waals surface area contributed by atoms with Crippen molar-refractivity contribution in [3.63, 3.8) is 0 Å². The molecule has 0 radical (unpaired) electrons. The van der Waals surface area contributed by atoms with Gasteiger partial charge in [0.05, 0.1) is 6.54 Å². The standard InChI is InChI=1S/C7H11NO2/c1-5(2)7(9)6-3-4-8-10-6/h3,5,8H,4H2,1-2H3. The molecule has 0 aliphatic carbocycles. The molecule has 1 heterocycles. The van der Waals surface area contributed by atoms with E-state index >= 15 is 0 Å². The van der Waals surface area contributed by atoms with E-state index in [4.69, 9.17) is 4.84 Å². The largest absolute Gasteiger partial charge is 0.405 e. The lowest BCUT2D eigenvalue weighted by atomic mass is 10.1. The van der Waals surface area contributed by atoms with Gasteiger partial charge in [0, 0.05) is 5.92 Å². The summed E-state index contributed by atoms with van der Waals surface area (Å²) in [6.45, 7) is 4.34. The Bertz CT molecular complexity index is 172. The molecule has 3 heteroatoms. The normalized spacial score (nSPS) is 16.9. The Kier molecular flexibility index (Phi) is 2.06. The van der Waals surface area contributed by atoms with Gasteiger partial charge in [0.2, 0.25) is 5.78 Å². The van der Waals surface area contributed by atoms with Crippen molar-refractivity contribution < 1.29 is 9.63 Å². The maximum atomic E-state index is 11.1. The highest BCUT2D eigenvalue weighted by molar-refractivity contribution is 5.95. The number of hydrogen-bond donors (Lipinski definition) is 1. The molecule has 10 heavy (non-hydrogen) atoms. The minimum atomic E-state index is 0.0196. The van der Waals surface area contributed by atoms with Crippen LogP contribution in [0.1, 0.15) is 13.8 Å². The maximum Gasteiger partial charge on any atom is 0.202 e. The van der Waals surface area contributed by atoms with Gasteiger partial charge in [-0.15, -0.1) is 0 Å². The fourth-order valence-electron chi connectivity index (χ4n) is 0.731. The van der Waals surface area contributed by atoms with Crippen molar-refractivity contribution in [1.29, 1.82) is 0 Å². The van der Waals surface area contributed by atoms with Crippen LogP contribution in [-0.2, 0) is 9.63 Å². The first kappa shape index (κ1) is 7.28. The topological polar surface area (TPSA) is 38.3 Å². The van der Waals surface area contributed by atoms with E-state index in [9.17, 15) is 4.79 Å². The third-order valence-corrected chi connectivity index (χ3v) is 1.32. The van der Waals surface area contributed by atoms with Crippen LogP contribution in [0, 0.1) is 5.92 Å². The molecule has 1 aliphatic heterocycles.